The predicted molar refractivity (Wildman–Crippen MR) is 104 cm³/mol. The average Bonchev–Trinajstić information content (AvgIpc) is 2.69. The zero-order valence-electron chi connectivity index (χ0n) is 14.3. The fourth-order valence-electron chi connectivity index (χ4n) is 3.67. The first-order chi connectivity index (χ1) is 12.8. The zero-order chi connectivity index (χ0) is 17.9. The number of nitriles is 1. The molecule has 0 bridgehead atoms. The van der Waals surface area contributed by atoms with Gasteiger partial charge in [-0.2, -0.15) is 5.26 Å². The van der Waals surface area contributed by atoms with Crippen LogP contribution in [0, 0.1) is 11.3 Å². The molecule has 1 aromatic heterocycles. The molecule has 0 fully saturated rings. The Balaban J connectivity index is 1.97. The lowest BCUT2D eigenvalue weighted by atomic mass is 9.84. The number of pyridine rings is 1. The molecule has 1 heterocycles. The predicted octanol–water partition coefficient (Wildman–Crippen LogP) is 4.79. The number of benzene rings is 2. The fourth-order valence-corrected chi connectivity index (χ4v) is 3.67. The molecule has 0 unspecified atom stereocenters. The molecular weight excluding hydrogens is 320 g/mol. The van der Waals surface area contributed by atoms with Gasteiger partial charge < -0.3 is 4.98 Å². The van der Waals surface area contributed by atoms with E-state index in [9.17, 15) is 10.1 Å². The fraction of sp³-hybridized carbons (Fsp3) is 0.130. The molecule has 0 aliphatic heterocycles. The zero-order valence-corrected chi connectivity index (χ0v) is 14.3. The van der Waals surface area contributed by atoms with Gasteiger partial charge in [-0.05, 0) is 47.6 Å². The summed E-state index contributed by atoms with van der Waals surface area (Å²) in [5.41, 5.74) is 5.78. The minimum Gasteiger partial charge on any atom is -0.321 e. The van der Waals surface area contributed by atoms with Crippen LogP contribution in [0.25, 0.3) is 22.8 Å². The van der Waals surface area contributed by atoms with Crippen LogP contribution in [0.2, 0.25) is 0 Å². The van der Waals surface area contributed by atoms with Crippen LogP contribution in [0.3, 0.4) is 0 Å². The summed E-state index contributed by atoms with van der Waals surface area (Å²) >= 11 is 0. The molecule has 0 saturated carbocycles. The number of hydrogen-bond donors (Lipinski definition) is 1. The number of rotatable bonds is 2. The molecule has 3 heteroatoms. The van der Waals surface area contributed by atoms with Crippen molar-refractivity contribution >= 4 is 11.6 Å². The highest BCUT2D eigenvalue weighted by Gasteiger charge is 2.23. The van der Waals surface area contributed by atoms with Gasteiger partial charge in [0.25, 0.3) is 5.56 Å². The number of fused-ring (bicyclic) bond motifs is 1. The van der Waals surface area contributed by atoms with E-state index in [1.54, 1.807) is 0 Å². The third-order valence-corrected chi connectivity index (χ3v) is 4.83. The van der Waals surface area contributed by atoms with Crippen LogP contribution in [0.15, 0.2) is 65.5 Å². The van der Waals surface area contributed by atoms with Crippen molar-refractivity contribution in [3.63, 3.8) is 0 Å². The quantitative estimate of drug-likeness (QED) is 0.730. The largest absolute Gasteiger partial charge is 0.321 e. The van der Waals surface area contributed by atoms with Crippen molar-refractivity contribution < 1.29 is 0 Å². The first-order valence-corrected chi connectivity index (χ1v) is 8.78. The second kappa shape index (κ2) is 6.85. The lowest BCUT2D eigenvalue weighted by Gasteiger charge is -2.22. The highest BCUT2D eigenvalue weighted by molar-refractivity contribution is 5.86. The summed E-state index contributed by atoms with van der Waals surface area (Å²) in [5, 5.41) is 9.58. The van der Waals surface area contributed by atoms with Crippen LogP contribution >= 0.6 is 0 Å². The smallest absolute Gasteiger partial charge is 0.266 e. The van der Waals surface area contributed by atoms with Crippen molar-refractivity contribution in [3.05, 3.63) is 93.4 Å². The molecule has 26 heavy (non-hydrogen) atoms. The minimum atomic E-state index is -0.314. The molecule has 0 atom stereocenters. The van der Waals surface area contributed by atoms with Gasteiger partial charge in [0.15, 0.2) is 0 Å². The molecule has 0 amide bonds. The van der Waals surface area contributed by atoms with E-state index in [2.05, 4.69) is 29.3 Å². The number of nitrogens with one attached hydrogen (secondary N) is 1. The van der Waals surface area contributed by atoms with Gasteiger partial charge >= 0.3 is 0 Å². The van der Waals surface area contributed by atoms with Gasteiger partial charge in [0.2, 0.25) is 0 Å². The summed E-state index contributed by atoms with van der Waals surface area (Å²) in [6, 6.07) is 22.0. The first kappa shape index (κ1) is 16.1. The van der Waals surface area contributed by atoms with Gasteiger partial charge in [-0.15, -0.1) is 0 Å². The molecule has 1 aliphatic carbocycles. The van der Waals surface area contributed by atoms with E-state index in [-0.39, 0.29) is 11.1 Å². The minimum absolute atomic E-state index is 0.205. The normalized spacial score (nSPS) is 14.7. The van der Waals surface area contributed by atoms with Gasteiger partial charge in [0.1, 0.15) is 11.6 Å². The second-order valence-electron chi connectivity index (χ2n) is 6.47. The van der Waals surface area contributed by atoms with Crippen LogP contribution in [0.5, 0.6) is 0 Å². The van der Waals surface area contributed by atoms with E-state index in [0.717, 1.165) is 52.8 Å². The van der Waals surface area contributed by atoms with Crippen molar-refractivity contribution in [2.24, 2.45) is 0 Å². The van der Waals surface area contributed by atoms with Crippen molar-refractivity contribution in [3.8, 4) is 17.2 Å². The van der Waals surface area contributed by atoms with Gasteiger partial charge in [-0.1, -0.05) is 60.7 Å². The third kappa shape index (κ3) is 2.87. The van der Waals surface area contributed by atoms with Crippen LogP contribution in [-0.4, -0.2) is 4.98 Å². The highest BCUT2D eigenvalue weighted by atomic mass is 16.1. The molecule has 1 aliphatic rings. The average molecular weight is 338 g/mol. The standard InChI is InChI=1S/C23H18N2O/c24-15-20-21(17-10-5-2-6-11-17)19-13-7-12-18(22(19)25-23(20)26)14-16-8-3-1-4-9-16/h1-6,8-11,14H,7,12-13H2,(H,25,26). The summed E-state index contributed by atoms with van der Waals surface area (Å²) in [7, 11) is 0. The summed E-state index contributed by atoms with van der Waals surface area (Å²) in [4.78, 5) is 15.6. The maximum absolute atomic E-state index is 12.6. The van der Waals surface area contributed by atoms with Crippen LogP contribution < -0.4 is 5.56 Å². The van der Waals surface area contributed by atoms with Gasteiger partial charge in [0.05, 0.1) is 0 Å². The van der Waals surface area contributed by atoms with Gasteiger partial charge in [0, 0.05) is 11.3 Å². The Morgan fingerprint density at radius 2 is 1.65 bits per heavy atom. The molecule has 126 valence electrons. The Kier molecular flexibility index (Phi) is 4.25. The molecule has 0 saturated heterocycles. The van der Waals surface area contributed by atoms with E-state index in [0.29, 0.717) is 0 Å². The summed E-state index contributed by atoms with van der Waals surface area (Å²) in [5.74, 6) is 0. The maximum atomic E-state index is 12.6. The van der Waals surface area contributed by atoms with Crippen LogP contribution in [0.4, 0.5) is 0 Å². The molecule has 3 nitrogen and oxygen atoms in total. The molecule has 4 rings (SSSR count). The van der Waals surface area contributed by atoms with E-state index >= 15 is 0 Å². The Morgan fingerprint density at radius 3 is 2.35 bits per heavy atom. The number of allylic oxidation sites excluding steroid dienone is 1. The van der Waals surface area contributed by atoms with Crippen molar-refractivity contribution in [2.75, 3.05) is 0 Å². The monoisotopic (exact) mass is 338 g/mol. The molecule has 2 aromatic carbocycles. The van der Waals surface area contributed by atoms with E-state index < -0.39 is 0 Å². The molecule has 0 spiro atoms. The molecule has 1 N–H and O–H groups in total. The van der Waals surface area contributed by atoms with E-state index in [1.165, 1.54) is 0 Å². The Bertz CT molecular complexity index is 1070. The topological polar surface area (TPSA) is 56.6 Å². The second-order valence-corrected chi connectivity index (χ2v) is 6.47. The summed E-state index contributed by atoms with van der Waals surface area (Å²) < 4.78 is 0. The summed E-state index contributed by atoms with van der Waals surface area (Å²) in [6.45, 7) is 0. The highest BCUT2D eigenvalue weighted by Crippen LogP contribution is 2.37. The molecule has 0 radical (unpaired) electrons. The van der Waals surface area contributed by atoms with Crippen molar-refractivity contribution in [1.29, 1.82) is 5.26 Å². The van der Waals surface area contributed by atoms with E-state index in [4.69, 9.17) is 0 Å². The maximum Gasteiger partial charge on any atom is 0.266 e. The van der Waals surface area contributed by atoms with E-state index in [1.807, 2.05) is 48.5 Å². The lowest BCUT2D eigenvalue weighted by molar-refractivity contribution is 0.809. The number of nitrogens with zero attached hydrogens (tertiary/aromatic N) is 1. The van der Waals surface area contributed by atoms with Crippen molar-refractivity contribution in [2.45, 2.75) is 19.3 Å². The number of aromatic amines is 1. The number of H-pyrrole nitrogens is 1. The number of hydrogen-bond acceptors (Lipinski definition) is 2. The molecular formula is C23H18N2O. The van der Waals surface area contributed by atoms with Gasteiger partial charge in [-0.3, -0.25) is 4.79 Å². The van der Waals surface area contributed by atoms with Crippen molar-refractivity contribution in [1.82, 2.24) is 4.98 Å². The first-order valence-electron chi connectivity index (χ1n) is 8.78. The third-order valence-electron chi connectivity index (χ3n) is 4.83. The Morgan fingerprint density at radius 1 is 0.962 bits per heavy atom. The Hall–Kier alpha value is -3.38. The summed E-state index contributed by atoms with van der Waals surface area (Å²) in [6.07, 6.45) is 4.91. The Labute approximate surface area is 152 Å². The lowest BCUT2D eigenvalue weighted by Crippen LogP contribution is -2.19. The van der Waals surface area contributed by atoms with Crippen LogP contribution in [0.1, 0.15) is 35.2 Å². The van der Waals surface area contributed by atoms with Crippen LogP contribution in [-0.2, 0) is 6.42 Å². The SMILES string of the molecule is N#Cc1c(-c2ccccc2)c2c([nH]c1=O)C(=Cc1ccccc1)CCC2. The molecule has 3 aromatic rings. The number of aromatic nitrogens is 1. The van der Waals surface area contributed by atoms with Gasteiger partial charge in [-0.25, -0.2) is 0 Å².